The first-order valence-electron chi connectivity index (χ1n) is 14.0. The van der Waals surface area contributed by atoms with Crippen molar-refractivity contribution in [2.45, 2.75) is 88.4 Å². The number of carbonyl (C=O) groups is 1. The zero-order chi connectivity index (χ0) is 29.3. The van der Waals surface area contributed by atoms with Crippen molar-refractivity contribution in [1.29, 1.82) is 0 Å². The van der Waals surface area contributed by atoms with E-state index >= 15 is 0 Å². The first-order valence-corrected chi connectivity index (χ1v) is 14.3. The minimum Gasteiger partial charge on any atom is -0.461 e. The number of nitrogens with zero attached hydrogens (tertiary/aromatic N) is 6. The van der Waals surface area contributed by atoms with Crippen molar-refractivity contribution in [1.82, 2.24) is 24.8 Å². The van der Waals surface area contributed by atoms with E-state index in [2.05, 4.69) is 19.9 Å². The minimum atomic E-state index is -4.82. The van der Waals surface area contributed by atoms with Gasteiger partial charge in [0.05, 0.1) is 28.5 Å². The fourth-order valence-electron chi connectivity index (χ4n) is 6.92. The molecule has 224 valence electrons. The Balaban J connectivity index is 1.36. The molecule has 4 saturated heterocycles. The van der Waals surface area contributed by atoms with Gasteiger partial charge in [-0.1, -0.05) is 11.6 Å². The lowest BCUT2D eigenvalue weighted by Gasteiger charge is -2.42. The maximum atomic E-state index is 14.3. The summed E-state index contributed by atoms with van der Waals surface area (Å²) in [6.45, 7) is 7.22. The van der Waals surface area contributed by atoms with Crippen LogP contribution in [-0.4, -0.2) is 93.0 Å². The highest BCUT2D eigenvalue weighted by atomic mass is 35.5. The molecule has 4 aliphatic rings. The van der Waals surface area contributed by atoms with Gasteiger partial charge in [-0.3, -0.25) is 9.80 Å². The van der Waals surface area contributed by atoms with E-state index in [0.717, 1.165) is 32.2 Å². The second-order valence-corrected chi connectivity index (χ2v) is 12.9. The van der Waals surface area contributed by atoms with Gasteiger partial charge >= 0.3 is 18.3 Å². The van der Waals surface area contributed by atoms with Crippen LogP contribution in [0.15, 0.2) is 6.20 Å². The average molecular weight is 601 g/mol. The fourth-order valence-corrected chi connectivity index (χ4v) is 7.17. The van der Waals surface area contributed by atoms with Crippen molar-refractivity contribution in [3.63, 3.8) is 0 Å². The second-order valence-electron chi connectivity index (χ2n) is 12.6. The molecule has 0 aromatic carbocycles. The lowest BCUT2D eigenvalue weighted by molar-refractivity contribution is -0.136. The van der Waals surface area contributed by atoms with Crippen LogP contribution in [-0.2, 0) is 10.9 Å². The van der Waals surface area contributed by atoms with Crippen molar-refractivity contribution >= 4 is 34.4 Å². The SMILES string of the molecule is CC(C)(C)OC(=O)N1C2CCC1CN(c1nc(OC[C@@]34CCCN3C[C@H](F)C4)nc3c(C(F)(F)F)c(Cl)ncc13)C2. The standard InChI is InChI=1S/C27H33ClF4N6O3/c1-25(2,3)41-24(39)38-16-5-6-17(38)13-36(12-16)22-18-10-33-21(28)19(27(30,31)32)20(18)34-23(35-22)40-14-26-7-4-8-37(26)11-15(29)9-26/h10,15-17H,4-9,11-14H2,1-3H3/t15-,16?,17?,26+/m1/s1. The largest absolute Gasteiger partial charge is 0.461 e. The van der Waals surface area contributed by atoms with Crippen LogP contribution in [0.4, 0.5) is 28.2 Å². The van der Waals surface area contributed by atoms with E-state index in [0.29, 0.717) is 26.1 Å². The van der Waals surface area contributed by atoms with Crippen LogP contribution in [0.2, 0.25) is 5.15 Å². The highest BCUT2D eigenvalue weighted by Gasteiger charge is 2.50. The van der Waals surface area contributed by atoms with E-state index in [4.69, 9.17) is 21.1 Å². The average Bonchev–Trinajstić information content (AvgIpc) is 3.47. The molecule has 2 unspecified atom stereocenters. The van der Waals surface area contributed by atoms with Crippen LogP contribution >= 0.6 is 11.6 Å². The van der Waals surface area contributed by atoms with Crippen LogP contribution in [0.1, 0.15) is 58.4 Å². The summed E-state index contributed by atoms with van der Waals surface area (Å²) in [4.78, 5) is 31.2. The highest BCUT2D eigenvalue weighted by molar-refractivity contribution is 6.31. The number of alkyl halides is 4. The van der Waals surface area contributed by atoms with Crippen LogP contribution in [0, 0.1) is 0 Å². The summed E-state index contributed by atoms with van der Waals surface area (Å²) >= 11 is 5.96. The van der Waals surface area contributed by atoms with Gasteiger partial charge < -0.3 is 14.4 Å². The van der Waals surface area contributed by atoms with E-state index in [-0.39, 0.29) is 35.9 Å². The van der Waals surface area contributed by atoms with E-state index in [1.54, 1.807) is 25.7 Å². The molecule has 1 amide bonds. The first-order chi connectivity index (χ1) is 19.2. The Morgan fingerprint density at radius 3 is 2.51 bits per heavy atom. The summed E-state index contributed by atoms with van der Waals surface area (Å²) in [5.41, 5.74) is -2.75. The molecule has 0 aliphatic carbocycles. The molecule has 6 rings (SSSR count). The Kier molecular flexibility index (Phi) is 6.91. The Morgan fingerprint density at radius 2 is 1.85 bits per heavy atom. The number of carbonyl (C=O) groups excluding carboxylic acids is 1. The molecule has 4 atom stereocenters. The minimum absolute atomic E-state index is 0.0657. The van der Waals surface area contributed by atoms with Gasteiger partial charge in [0.1, 0.15) is 34.9 Å². The maximum absolute atomic E-state index is 14.3. The number of fused-ring (bicyclic) bond motifs is 4. The highest BCUT2D eigenvalue weighted by Crippen LogP contribution is 2.43. The predicted molar refractivity (Wildman–Crippen MR) is 143 cm³/mol. The van der Waals surface area contributed by atoms with E-state index in [1.807, 2.05) is 4.90 Å². The Bertz CT molecular complexity index is 1340. The van der Waals surface area contributed by atoms with Gasteiger partial charge in [0.2, 0.25) is 0 Å². The molecule has 6 heterocycles. The molecule has 0 radical (unpaired) electrons. The van der Waals surface area contributed by atoms with Crippen LogP contribution in [0.5, 0.6) is 6.01 Å². The Labute approximate surface area is 240 Å². The van der Waals surface area contributed by atoms with Crippen LogP contribution in [0.3, 0.4) is 0 Å². The number of ether oxygens (including phenoxy) is 2. The molecule has 4 fully saturated rings. The third-order valence-corrected chi connectivity index (χ3v) is 8.84. The molecule has 0 saturated carbocycles. The van der Waals surface area contributed by atoms with E-state index in [9.17, 15) is 22.4 Å². The number of amides is 1. The number of anilines is 1. The third kappa shape index (κ3) is 5.24. The molecular weight excluding hydrogens is 568 g/mol. The number of pyridine rings is 1. The van der Waals surface area contributed by atoms with E-state index in [1.165, 1.54) is 6.20 Å². The van der Waals surface area contributed by atoms with Gasteiger partial charge in [-0.15, -0.1) is 0 Å². The number of halogens is 5. The molecule has 9 nitrogen and oxygen atoms in total. The van der Waals surface area contributed by atoms with Gasteiger partial charge in [0.15, 0.2) is 0 Å². The summed E-state index contributed by atoms with van der Waals surface area (Å²) in [7, 11) is 0. The van der Waals surface area contributed by atoms with Crippen molar-refractivity contribution in [2.75, 3.05) is 37.7 Å². The number of hydrogen-bond acceptors (Lipinski definition) is 8. The zero-order valence-corrected chi connectivity index (χ0v) is 23.9. The van der Waals surface area contributed by atoms with E-state index < -0.39 is 45.8 Å². The Hall–Kier alpha value is -2.67. The molecule has 41 heavy (non-hydrogen) atoms. The van der Waals surface area contributed by atoms with Crippen molar-refractivity contribution in [3.05, 3.63) is 16.9 Å². The number of piperazine rings is 1. The molecule has 14 heteroatoms. The van der Waals surface area contributed by atoms with Crippen LogP contribution < -0.4 is 9.64 Å². The van der Waals surface area contributed by atoms with Gasteiger partial charge in [-0.25, -0.2) is 14.2 Å². The van der Waals surface area contributed by atoms with Crippen molar-refractivity contribution < 1.29 is 31.8 Å². The van der Waals surface area contributed by atoms with Crippen molar-refractivity contribution in [3.8, 4) is 6.01 Å². The van der Waals surface area contributed by atoms with Crippen molar-refractivity contribution in [2.24, 2.45) is 0 Å². The summed E-state index contributed by atoms with van der Waals surface area (Å²) in [5.74, 6) is 0.232. The molecule has 2 aromatic rings. The second kappa shape index (κ2) is 9.96. The quantitative estimate of drug-likeness (QED) is 0.348. The number of aromatic nitrogens is 3. The summed E-state index contributed by atoms with van der Waals surface area (Å²) < 4.78 is 68.5. The van der Waals surface area contributed by atoms with Gasteiger partial charge in [0.25, 0.3) is 0 Å². The number of rotatable bonds is 4. The molecule has 2 aromatic heterocycles. The summed E-state index contributed by atoms with van der Waals surface area (Å²) in [6.07, 6.45) is -1.58. The topological polar surface area (TPSA) is 83.9 Å². The Morgan fingerprint density at radius 1 is 1.15 bits per heavy atom. The lowest BCUT2D eigenvalue weighted by atomic mass is 9.95. The van der Waals surface area contributed by atoms with Gasteiger partial charge in [0, 0.05) is 32.3 Å². The third-order valence-electron chi connectivity index (χ3n) is 8.56. The monoisotopic (exact) mass is 600 g/mol. The molecular formula is C27H33ClF4N6O3. The molecule has 0 N–H and O–H groups in total. The summed E-state index contributed by atoms with van der Waals surface area (Å²) in [5, 5.41) is -0.628. The predicted octanol–water partition coefficient (Wildman–Crippen LogP) is 5.24. The zero-order valence-electron chi connectivity index (χ0n) is 23.2. The normalized spacial score (nSPS) is 28.4. The molecule has 0 spiro atoms. The van der Waals surface area contributed by atoms with Crippen LogP contribution in [0.25, 0.3) is 10.9 Å². The molecule has 4 aliphatic heterocycles. The molecule has 2 bridgehead atoms. The smallest absolute Gasteiger partial charge is 0.421 e. The van der Waals surface area contributed by atoms with Gasteiger partial charge in [-0.2, -0.15) is 23.1 Å². The summed E-state index contributed by atoms with van der Waals surface area (Å²) in [6, 6.07) is -0.636. The fraction of sp³-hybridized carbons (Fsp3) is 0.704. The number of hydrogen-bond donors (Lipinski definition) is 0. The maximum Gasteiger partial charge on any atom is 0.421 e. The lowest BCUT2D eigenvalue weighted by Crippen LogP contribution is -2.57. The first kappa shape index (κ1) is 28.4. The van der Waals surface area contributed by atoms with Gasteiger partial charge in [-0.05, 0) is 53.0 Å².